The van der Waals surface area contributed by atoms with Crippen LogP contribution < -0.4 is 9.64 Å². The van der Waals surface area contributed by atoms with Crippen LogP contribution in [0.1, 0.15) is 37.3 Å². The summed E-state index contributed by atoms with van der Waals surface area (Å²) in [5.41, 5.74) is 5.53. The molecule has 150 valence electrons. The summed E-state index contributed by atoms with van der Waals surface area (Å²) in [6.07, 6.45) is 2.51. The summed E-state index contributed by atoms with van der Waals surface area (Å²) in [5.74, 6) is 1.03. The first-order valence-electron chi connectivity index (χ1n) is 10.2. The molecule has 0 N–H and O–H groups in total. The third-order valence-corrected chi connectivity index (χ3v) is 5.08. The highest BCUT2D eigenvalue weighted by Crippen LogP contribution is 2.25. The van der Waals surface area contributed by atoms with Crippen LogP contribution in [-0.4, -0.2) is 13.0 Å². The predicted octanol–water partition coefficient (Wildman–Crippen LogP) is 6.39. The van der Waals surface area contributed by atoms with Gasteiger partial charge in [0.2, 0.25) is 5.91 Å². The zero-order valence-corrected chi connectivity index (χ0v) is 17.5. The lowest BCUT2D eigenvalue weighted by Gasteiger charge is -2.24. The maximum absolute atomic E-state index is 12.9. The minimum atomic E-state index is 0.177. The van der Waals surface area contributed by atoms with E-state index in [-0.39, 0.29) is 5.91 Å². The molecule has 0 aliphatic heterocycles. The Morgan fingerprint density at radius 2 is 1.59 bits per heavy atom. The molecular formula is C26H29NO2. The van der Waals surface area contributed by atoms with E-state index in [1.165, 1.54) is 0 Å². The fraction of sp³-hybridized carbons (Fsp3) is 0.269. The zero-order chi connectivity index (χ0) is 20.6. The van der Waals surface area contributed by atoms with Crippen molar-refractivity contribution in [1.82, 2.24) is 0 Å². The number of methoxy groups -OCH3 is 1. The van der Waals surface area contributed by atoms with E-state index in [0.29, 0.717) is 13.0 Å². The molecule has 1 amide bonds. The second kappa shape index (κ2) is 9.92. The van der Waals surface area contributed by atoms with E-state index >= 15 is 0 Å². The van der Waals surface area contributed by atoms with Gasteiger partial charge in [0.1, 0.15) is 5.75 Å². The van der Waals surface area contributed by atoms with Gasteiger partial charge in [0, 0.05) is 12.1 Å². The van der Waals surface area contributed by atoms with Crippen molar-refractivity contribution in [3.63, 3.8) is 0 Å². The highest BCUT2D eigenvalue weighted by atomic mass is 16.5. The van der Waals surface area contributed by atoms with Gasteiger partial charge in [0.15, 0.2) is 0 Å². The summed E-state index contributed by atoms with van der Waals surface area (Å²) in [6.45, 7) is 4.75. The van der Waals surface area contributed by atoms with Crippen LogP contribution in [0, 0.1) is 6.92 Å². The van der Waals surface area contributed by atoms with E-state index in [1.807, 2.05) is 29.2 Å². The second-order valence-corrected chi connectivity index (χ2v) is 7.35. The Labute approximate surface area is 174 Å². The molecule has 0 heterocycles. The topological polar surface area (TPSA) is 29.5 Å². The van der Waals surface area contributed by atoms with Crippen LogP contribution in [0.5, 0.6) is 5.75 Å². The van der Waals surface area contributed by atoms with Gasteiger partial charge in [0.05, 0.1) is 13.7 Å². The van der Waals surface area contributed by atoms with Gasteiger partial charge in [-0.05, 0) is 59.9 Å². The van der Waals surface area contributed by atoms with Crippen LogP contribution in [0.3, 0.4) is 0 Å². The highest BCUT2D eigenvalue weighted by molar-refractivity contribution is 5.93. The molecule has 0 spiro atoms. The van der Waals surface area contributed by atoms with Crippen molar-refractivity contribution < 1.29 is 9.53 Å². The lowest BCUT2D eigenvalue weighted by Crippen LogP contribution is -2.30. The lowest BCUT2D eigenvalue weighted by atomic mass is 10.0. The molecule has 3 rings (SSSR count). The van der Waals surface area contributed by atoms with E-state index in [1.54, 1.807) is 7.11 Å². The van der Waals surface area contributed by atoms with Crippen LogP contribution in [0.2, 0.25) is 0 Å². The maximum Gasteiger partial charge on any atom is 0.227 e. The SMILES string of the molecule is CCCCC(=O)N(Cc1ccc(-c2ccc(OC)cc2)cc1)c1cccc(C)c1. The molecule has 0 aliphatic carbocycles. The van der Waals surface area contributed by atoms with Gasteiger partial charge in [-0.3, -0.25) is 4.79 Å². The Balaban J connectivity index is 1.80. The van der Waals surface area contributed by atoms with Gasteiger partial charge in [-0.1, -0.05) is 61.9 Å². The first-order chi connectivity index (χ1) is 14.1. The molecule has 0 fully saturated rings. The summed E-state index contributed by atoms with van der Waals surface area (Å²) in [4.78, 5) is 14.8. The van der Waals surface area contributed by atoms with E-state index in [0.717, 1.165) is 46.5 Å². The van der Waals surface area contributed by atoms with Crippen molar-refractivity contribution in [2.24, 2.45) is 0 Å². The van der Waals surface area contributed by atoms with E-state index in [2.05, 4.69) is 62.4 Å². The molecule has 0 saturated heterocycles. The largest absolute Gasteiger partial charge is 0.497 e. The Kier molecular flexibility index (Phi) is 7.07. The van der Waals surface area contributed by atoms with Crippen LogP contribution >= 0.6 is 0 Å². The van der Waals surface area contributed by atoms with Gasteiger partial charge < -0.3 is 9.64 Å². The van der Waals surface area contributed by atoms with E-state index < -0.39 is 0 Å². The number of nitrogens with zero attached hydrogens (tertiary/aromatic N) is 1. The first-order valence-corrected chi connectivity index (χ1v) is 10.2. The quantitative estimate of drug-likeness (QED) is 0.448. The van der Waals surface area contributed by atoms with Crippen molar-refractivity contribution in [3.05, 3.63) is 83.9 Å². The number of amides is 1. The van der Waals surface area contributed by atoms with Gasteiger partial charge >= 0.3 is 0 Å². The van der Waals surface area contributed by atoms with Crippen molar-refractivity contribution in [3.8, 4) is 16.9 Å². The molecule has 0 aromatic heterocycles. The molecule has 0 bridgehead atoms. The zero-order valence-electron chi connectivity index (χ0n) is 17.5. The molecule has 0 unspecified atom stereocenters. The first kappa shape index (κ1) is 20.7. The number of anilines is 1. The minimum absolute atomic E-state index is 0.177. The molecule has 3 aromatic carbocycles. The number of carbonyl (C=O) groups is 1. The monoisotopic (exact) mass is 387 g/mol. The number of carbonyl (C=O) groups excluding carboxylic acids is 1. The van der Waals surface area contributed by atoms with Gasteiger partial charge in [-0.15, -0.1) is 0 Å². The molecule has 0 radical (unpaired) electrons. The standard InChI is InChI=1S/C26H29NO2/c1-4-5-9-26(28)27(24-8-6-7-20(2)18-24)19-21-10-12-22(13-11-21)23-14-16-25(29-3)17-15-23/h6-8,10-18H,4-5,9,19H2,1-3H3. The molecule has 0 saturated carbocycles. The third kappa shape index (κ3) is 5.47. The number of ether oxygens (including phenoxy) is 1. The van der Waals surface area contributed by atoms with Crippen molar-refractivity contribution in [2.75, 3.05) is 12.0 Å². The molecule has 3 aromatic rings. The molecule has 0 atom stereocenters. The van der Waals surface area contributed by atoms with E-state index in [9.17, 15) is 4.79 Å². The van der Waals surface area contributed by atoms with Crippen molar-refractivity contribution in [1.29, 1.82) is 0 Å². The molecule has 29 heavy (non-hydrogen) atoms. The van der Waals surface area contributed by atoms with Crippen LogP contribution in [0.25, 0.3) is 11.1 Å². The number of hydrogen-bond acceptors (Lipinski definition) is 2. The fourth-order valence-corrected chi connectivity index (χ4v) is 3.35. The van der Waals surface area contributed by atoms with Crippen LogP contribution in [0.15, 0.2) is 72.8 Å². The van der Waals surface area contributed by atoms with Crippen molar-refractivity contribution in [2.45, 2.75) is 39.7 Å². The molecule has 0 aliphatic rings. The summed E-state index contributed by atoms with van der Waals surface area (Å²) in [7, 11) is 1.67. The highest BCUT2D eigenvalue weighted by Gasteiger charge is 2.16. The summed E-state index contributed by atoms with van der Waals surface area (Å²) >= 11 is 0. The number of hydrogen-bond donors (Lipinski definition) is 0. The summed E-state index contributed by atoms with van der Waals surface area (Å²) in [5, 5.41) is 0. The minimum Gasteiger partial charge on any atom is -0.497 e. The average molecular weight is 388 g/mol. The summed E-state index contributed by atoms with van der Waals surface area (Å²) in [6, 6.07) is 24.7. The maximum atomic E-state index is 12.9. The van der Waals surface area contributed by atoms with Gasteiger partial charge in [-0.2, -0.15) is 0 Å². The van der Waals surface area contributed by atoms with Crippen LogP contribution in [0.4, 0.5) is 5.69 Å². The summed E-state index contributed by atoms with van der Waals surface area (Å²) < 4.78 is 5.23. The number of aryl methyl sites for hydroxylation is 1. The Morgan fingerprint density at radius 3 is 2.17 bits per heavy atom. The normalized spacial score (nSPS) is 10.6. The number of rotatable bonds is 8. The molecular weight excluding hydrogens is 358 g/mol. The Hall–Kier alpha value is -3.07. The molecule has 3 nitrogen and oxygen atoms in total. The third-order valence-electron chi connectivity index (χ3n) is 5.08. The van der Waals surface area contributed by atoms with E-state index in [4.69, 9.17) is 4.74 Å². The lowest BCUT2D eigenvalue weighted by molar-refractivity contribution is -0.118. The van der Waals surface area contributed by atoms with Gasteiger partial charge in [0.25, 0.3) is 0 Å². The van der Waals surface area contributed by atoms with Gasteiger partial charge in [-0.25, -0.2) is 0 Å². The Morgan fingerprint density at radius 1 is 0.931 bits per heavy atom. The van der Waals surface area contributed by atoms with Crippen LogP contribution in [-0.2, 0) is 11.3 Å². The predicted molar refractivity (Wildman–Crippen MR) is 120 cm³/mol. The number of unbranched alkanes of at least 4 members (excludes halogenated alkanes) is 1. The smallest absolute Gasteiger partial charge is 0.227 e. The number of benzene rings is 3. The van der Waals surface area contributed by atoms with Crippen molar-refractivity contribution >= 4 is 11.6 Å². The fourth-order valence-electron chi connectivity index (χ4n) is 3.35. The Bertz CT molecular complexity index is 930. The average Bonchev–Trinajstić information content (AvgIpc) is 2.76. The second-order valence-electron chi connectivity index (χ2n) is 7.35. The molecule has 3 heteroatoms.